The number of rotatable bonds is 6. The maximum atomic E-state index is 6.05. The molecule has 0 saturated carbocycles. The number of benzene rings is 1. The lowest BCUT2D eigenvalue weighted by Gasteiger charge is -2.24. The average molecular weight is 256 g/mol. The smallest absolute Gasteiger partial charge is 0.0465 e. The predicted molar refractivity (Wildman–Crippen MR) is 73.6 cm³/mol. The van der Waals surface area contributed by atoms with Crippen molar-refractivity contribution in [2.75, 3.05) is 20.8 Å². The molecule has 0 aliphatic heterocycles. The van der Waals surface area contributed by atoms with Gasteiger partial charge in [0.1, 0.15) is 0 Å². The topological polar surface area (TPSA) is 21.3 Å². The first-order valence-corrected chi connectivity index (χ1v) is 6.40. The number of halogens is 1. The van der Waals surface area contributed by atoms with Crippen LogP contribution in [0, 0.1) is 12.8 Å². The molecule has 2 nitrogen and oxygen atoms in total. The van der Waals surface area contributed by atoms with Gasteiger partial charge in [0.2, 0.25) is 0 Å². The second-order valence-electron chi connectivity index (χ2n) is 4.53. The molecule has 96 valence electrons. The van der Waals surface area contributed by atoms with Gasteiger partial charge in [-0.2, -0.15) is 0 Å². The SMILES string of the molecule is CNC(c1ccc(Cl)c(C)c1)C(C)CCOC. The van der Waals surface area contributed by atoms with Gasteiger partial charge in [-0.1, -0.05) is 30.7 Å². The van der Waals surface area contributed by atoms with E-state index in [4.69, 9.17) is 16.3 Å². The van der Waals surface area contributed by atoms with Crippen molar-refractivity contribution in [3.8, 4) is 0 Å². The number of methoxy groups -OCH3 is 1. The van der Waals surface area contributed by atoms with E-state index in [1.165, 1.54) is 5.56 Å². The van der Waals surface area contributed by atoms with E-state index in [1.54, 1.807) is 7.11 Å². The van der Waals surface area contributed by atoms with Crippen LogP contribution in [-0.2, 0) is 4.74 Å². The number of nitrogens with one attached hydrogen (secondary N) is 1. The average Bonchev–Trinajstić information content (AvgIpc) is 2.32. The van der Waals surface area contributed by atoms with Gasteiger partial charge in [0, 0.05) is 24.8 Å². The summed E-state index contributed by atoms with van der Waals surface area (Å²) >= 11 is 6.05. The fourth-order valence-corrected chi connectivity index (χ4v) is 2.23. The number of aryl methyl sites for hydroxylation is 1. The van der Waals surface area contributed by atoms with E-state index in [9.17, 15) is 0 Å². The Bertz CT molecular complexity index is 354. The molecule has 0 amide bonds. The molecule has 3 heteroatoms. The van der Waals surface area contributed by atoms with Crippen molar-refractivity contribution in [2.24, 2.45) is 5.92 Å². The van der Waals surface area contributed by atoms with Crippen LogP contribution in [0.2, 0.25) is 5.02 Å². The van der Waals surface area contributed by atoms with Crippen molar-refractivity contribution < 1.29 is 4.74 Å². The van der Waals surface area contributed by atoms with Gasteiger partial charge in [0.05, 0.1) is 0 Å². The highest BCUT2D eigenvalue weighted by molar-refractivity contribution is 6.31. The Kier molecular flexibility index (Phi) is 5.96. The molecule has 0 fully saturated rings. The minimum Gasteiger partial charge on any atom is -0.385 e. The van der Waals surface area contributed by atoms with Crippen molar-refractivity contribution in [3.05, 3.63) is 34.3 Å². The van der Waals surface area contributed by atoms with Gasteiger partial charge < -0.3 is 10.1 Å². The Morgan fingerprint density at radius 2 is 2.12 bits per heavy atom. The van der Waals surface area contributed by atoms with Crippen LogP contribution in [0.3, 0.4) is 0 Å². The molecule has 0 aromatic heterocycles. The highest BCUT2D eigenvalue weighted by Gasteiger charge is 2.17. The molecule has 0 radical (unpaired) electrons. The van der Waals surface area contributed by atoms with Crippen molar-refractivity contribution in [1.29, 1.82) is 0 Å². The largest absolute Gasteiger partial charge is 0.385 e. The quantitative estimate of drug-likeness (QED) is 0.839. The van der Waals surface area contributed by atoms with Gasteiger partial charge in [-0.05, 0) is 43.5 Å². The van der Waals surface area contributed by atoms with Crippen LogP contribution in [0.1, 0.15) is 30.5 Å². The van der Waals surface area contributed by atoms with Gasteiger partial charge in [0.25, 0.3) is 0 Å². The number of ether oxygens (including phenoxy) is 1. The van der Waals surface area contributed by atoms with Crippen LogP contribution >= 0.6 is 11.6 Å². The Labute approximate surface area is 109 Å². The molecule has 2 unspecified atom stereocenters. The van der Waals surface area contributed by atoms with E-state index in [0.29, 0.717) is 12.0 Å². The summed E-state index contributed by atoms with van der Waals surface area (Å²) in [7, 11) is 3.74. The summed E-state index contributed by atoms with van der Waals surface area (Å²) in [4.78, 5) is 0. The van der Waals surface area contributed by atoms with Gasteiger partial charge in [0.15, 0.2) is 0 Å². The Morgan fingerprint density at radius 3 is 2.65 bits per heavy atom. The molecule has 1 aromatic rings. The molecule has 1 rings (SSSR count). The van der Waals surface area contributed by atoms with Crippen molar-refractivity contribution in [1.82, 2.24) is 5.32 Å². The number of hydrogen-bond donors (Lipinski definition) is 1. The predicted octanol–water partition coefficient (Wildman–Crippen LogP) is 3.58. The van der Waals surface area contributed by atoms with E-state index < -0.39 is 0 Å². The molecule has 0 aliphatic rings. The summed E-state index contributed by atoms with van der Waals surface area (Å²) in [6, 6.07) is 6.58. The summed E-state index contributed by atoms with van der Waals surface area (Å²) in [5.74, 6) is 0.528. The molecule has 2 atom stereocenters. The number of hydrogen-bond acceptors (Lipinski definition) is 2. The lowest BCUT2D eigenvalue weighted by Crippen LogP contribution is -2.24. The Hall–Kier alpha value is -0.570. The molecule has 1 aromatic carbocycles. The summed E-state index contributed by atoms with van der Waals surface area (Å²) in [6.07, 6.45) is 1.05. The maximum absolute atomic E-state index is 6.05. The Balaban J connectivity index is 2.81. The Morgan fingerprint density at radius 1 is 1.41 bits per heavy atom. The molecular weight excluding hydrogens is 234 g/mol. The summed E-state index contributed by atoms with van der Waals surface area (Å²) < 4.78 is 5.14. The van der Waals surface area contributed by atoms with Crippen LogP contribution in [-0.4, -0.2) is 20.8 Å². The normalized spacial score (nSPS) is 14.6. The zero-order valence-electron chi connectivity index (χ0n) is 11.1. The highest BCUT2D eigenvalue weighted by Crippen LogP contribution is 2.27. The van der Waals surface area contributed by atoms with E-state index in [1.807, 2.05) is 20.0 Å². The molecule has 0 spiro atoms. The first-order chi connectivity index (χ1) is 8.10. The molecular formula is C14H22ClNO. The van der Waals surface area contributed by atoms with Crippen LogP contribution in [0.4, 0.5) is 0 Å². The highest BCUT2D eigenvalue weighted by atomic mass is 35.5. The first kappa shape index (κ1) is 14.5. The molecule has 0 heterocycles. The molecule has 1 N–H and O–H groups in total. The second kappa shape index (κ2) is 7.00. The minimum atomic E-state index is 0.348. The molecule has 0 aliphatic carbocycles. The molecule has 0 bridgehead atoms. The lowest BCUT2D eigenvalue weighted by atomic mass is 9.91. The van der Waals surface area contributed by atoms with E-state index in [2.05, 4.69) is 24.4 Å². The van der Waals surface area contributed by atoms with Crippen molar-refractivity contribution >= 4 is 11.6 Å². The van der Waals surface area contributed by atoms with E-state index in [-0.39, 0.29) is 0 Å². The van der Waals surface area contributed by atoms with Crippen molar-refractivity contribution in [3.63, 3.8) is 0 Å². The van der Waals surface area contributed by atoms with E-state index >= 15 is 0 Å². The zero-order chi connectivity index (χ0) is 12.8. The van der Waals surface area contributed by atoms with Gasteiger partial charge in [-0.15, -0.1) is 0 Å². The fraction of sp³-hybridized carbons (Fsp3) is 0.571. The van der Waals surface area contributed by atoms with Gasteiger partial charge in [-0.25, -0.2) is 0 Å². The second-order valence-corrected chi connectivity index (χ2v) is 4.94. The van der Waals surface area contributed by atoms with Crippen LogP contribution in [0.25, 0.3) is 0 Å². The fourth-order valence-electron chi connectivity index (χ4n) is 2.11. The first-order valence-electron chi connectivity index (χ1n) is 6.02. The summed E-state index contributed by atoms with van der Waals surface area (Å²) in [5, 5.41) is 4.20. The van der Waals surface area contributed by atoms with Crippen LogP contribution < -0.4 is 5.32 Å². The van der Waals surface area contributed by atoms with E-state index in [0.717, 1.165) is 23.6 Å². The van der Waals surface area contributed by atoms with Crippen LogP contribution in [0.15, 0.2) is 18.2 Å². The third kappa shape index (κ3) is 3.98. The third-order valence-corrected chi connectivity index (χ3v) is 3.62. The third-order valence-electron chi connectivity index (χ3n) is 3.20. The monoisotopic (exact) mass is 255 g/mol. The molecule has 0 saturated heterocycles. The summed E-state index contributed by atoms with van der Waals surface area (Å²) in [5.41, 5.74) is 2.42. The van der Waals surface area contributed by atoms with Gasteiger partial charge >= 0.3 is 0 Å². The molecule has 17 heavy (non-hydrogen) atoms. The summed E-state index contributed by atoms with van der Waals surface area (Å²) in [6.45, 7) is 5.08. The minimum absolute atomic E-state index is 0.348. The zero-order valence-corrected chi connectivity index (χ0v) is 11.8. The lowest BCUT2D eigenvalue weighted by molar-refractivity contribution is 0.171. The van der Waals surface area contributed by atoms with Gasteiger partial charge in [-0.3, -0.25) is 0 Å². The maximum Gasteiger partial charge on any atom is 0.0465 e. The van der Waals surface area contributed by atoms with Crippen molar-refractivity contribution in [2.45, 2.75) is 26.3 Å². The standard InChI is InChI=1S/C14H22ClNO/c1-10(7-8-17-4)14(16-3)12-5-6-13(15)11(2)9-12/h5-6,9-10,14,16H,7-8H2,1-4H3. The van der Waals surface area contributed by atoms with Crippen LogP contribution in [0.5, 0.6) is 0 Å².